The lowest BCUT2D eigenvalue weighted by atomic mass is 9.92. The van der Waals surface area contributed by atoms with Gasteiger partial charge in [-0.2, -0.15) is 0 Å². The Balaban J connectivity index is 1.82. The van der Waals surface area contributed by atoms with Gasteiger partial charge in [0.1, 0.15) is 0 Å². The predicted octanol–water partition coefficient (Wildman–Crippen LogP) is 2.39. The second kappa shape index (κ2) is 6.92. The Morgan fingerprint density at radius 3 is 2.64 bits per heavy atom. The van der Waals surface area contributed by atoms with Crippen LogP contribution in [-0.2, 0) is 4.79 Å². The lowest BCUT2D eigenvalue weighted by molar-refractivity contribution is -0.138. The monoisotopic (exact) mass is 365 g/mol. The lowest BCUT2D eigenvalue weighted by Gasteiger charge is -2.29. The van der Waals surface area contributed by atoms with E-state index in [1.54, 1.807) is 18.2 Å². The van der Waals surface area contributed by atoms with E-state index in [0.717, 1.165) is 12.8 Å². The first-order valence-electron chi connectivity index (χ1n) is 8.29. The SMILES string of the molecule is O=C(O)CC1(NC(=O)c2ccc(Cl)c(N3CCNC3=O)c2)CCCC1. The molecular formula is C17H20ClN3O4. The van der Waals surface area contributed by atoms with Crippen molar-refractivity contribution in [2.45, 2.75) is 37.6 Å². The quantitative estimate of drug-likeness (QED) is 0.746. The number of carboxylic acid groups (broad SMARTS) is 1. The third kappa shape index (κ3) is 3.71. The first-order chi connectivity index (χ1) is 11.9. The van der Waals surface area contributed by atoms with Crippen molar-refractivity contribution in [2.75, 3.05) is 18.0 Å². The molecule has 25 heavy (non-hydrogen) atoms. The number of nitrogens with zero attached hydrogens (tertiary/aromatic N) is 1. The minimum atomic E-state index is -0.923. The highest BCUT2D eigenvalue weighted by Gasteiger charge is 2.37. The van der Waals surface area contributed by atoms with Crippen LogP contribution >= 0.6 is 11.6 Å². The van der Waals surface area contributed by atoms with Gasteiger partial charge in [-0.1, -0.05) is 24.4 Å². The normalized spacial score (nSPS) is 18.9. The van der Waals surface area contributed by atoms with Crippen LogP contribution in [0.15, 0.2) is 18.2 Å². The average Bonchev–Trinajstić information content (AvgIpc) is 3.16. The number of anilines is 1. The number of amides is 3. The maximum absolute atomic E-state index is 12.7. The van der Waals surface area contributed by atoms with Crippen LogP contribution in [0.4, 0.5) is 10.5 Å². The van der Waals surface area contributed by atoms with Crippen molar-refractivity contribution in [2.24, 2.45) is 0 Å². The predicted molar refractivity (Wildman–Crippen MR) is 93.1 cm³/mol. The molecule has 3 amide bonds. The number of carboxylic acids is 1. The molecule has 134 valence electrons. The summed E-state index contributed by atoms with van der Waals surface area (Å²) in [6.45, 7) is 1.000. The first-order valence-corrected chi connectivity index (χ1v) is 8.67. The smallest absolute Gasteiger partial charge is 0.322 e. The van der Waals surface area contributed by atoms with E-state index in [2.05, 4.69) is 10.6 Å². The zero-order valence-electron chi connectivity index (χ0n) is 13.7. The lowest BCUT2D eigenvalue weighted by Crippen LogP contribution is -2.47. The molecule has 1 saturated heterocycles. The fourth-order valence-corrected chi connectivity index (χ4v) is 3.78. The standard InChI is InChI=1S/C17H20ClN3O4/c18-12-4-3-11(9-13(12)21-8-7-19-16(21)25)15(24)20-17(10-14(22)23)5-1-2-6-17/h3-4,9H,1-2,5-8,10H2,(H,19,25)(H,20,24)(H,22,23). The number of nitrogens with one attached hydrogen (secondary N) is 2. The van der Waals surface area contributed by atoms with Crippen LogP contribution in [0.2, 0.25) is 5.02 Å². The average molecular weight is 366 g/mol. The van der Waals surface area contributed by atoms with Crippen molar-refractivity contribution in [3.8, 4) is 0 Å². The van der Waals surface area contributed by atoms with E-state index >= 15 is 0 Å². The number of hydrogen-bond donors (Lipinski definition) is 3. The van der Waals surface area contributed by atoms with E-state index in [9.17, 15) is 14.4 Å². The molecular weight excluding hydrogens is 346 g/mol. The first kappa shape index (κ1) is 17.5. The molecule has 3 rings (SSSR count). The van der Waals surface area contributed by atoms with Crippen molar-refractivity contribution in [1.82, 2.24) is 10.6 Å². The molecule has 0 atom stereocenters. The highest BCUT2D eigenvalue weighted by Crippen LogP contribution is 2.34. The number of carbonyl (C=O) groups excluding carboxylic acids is 2. The Morgan fingerprint density at radius 2 is 2.04 bits per heavy atom. The van der Waals surface area contributed by atoms with Crippen molar-refractivity contribution in [1.29, 1.82) is 0 Å². The minimum absolute atomic E-state index is 0.0896. The third-order valence-electron chi connectivity index (χ3n) is 4.78. The summed E-state index contributed by atoms with van der Waals surface area (Å²) in [6, 6.07) is 4.48. The summed E-state index contributed by atoms with van der Waals surface area (Å²) in [5.74, 6) is -1.27. The molecule has 1 aromatic carbocycles. The minimum Gasteiger partial charge on any atom is -0.481 e. The molecule has 0 bridgehead atoms. The van der Waals surface area contributed by atoms with E-state index in [1.165, 1.54) is 4.90 Å². The van der Waals surface area contributed by atoms with E-state index in [-0.39, 0.29) is 18.4 Å². The molecule has 7 nitrogen and oxygen atoms in total. The van der Waals surface area contributed by atoms with E-state index in [1.807, 2.05) is 0 Å². The van der Waals surface area contributed by atoms with Crippen molar-refractivity contribution in [3.63, 3.8) is 0 Å². The van der Waals surface area contributed by atoms with Gasteiger partial charge in [-0.05, 0) is 31.0 Å². The van der Waals surface area contributed by atoms with Gasteiger partial charge in [-0.25, -0.2) is 4.79 Å². The Morgan fingerprint density at radius 1 is 1.32 bits per heavy atom. The van der Waals surface area contributed by atoms with Crippen LogP contribution in [0.25, 0.3) is 0 Å². The third-order valence-corrected chi connectivity index (χ3v) is 5.10. The molecule has 3 N–H and O–H groups in total. The number of rotatable bonds is 5. The molecule has 1 saturated carbocycles. The van der Waals surface area contributed by atoms with Crippen LogP contribution in [0.5, 0.6) is 0 Å². The molecule has 1 aromatic rings. The Bertz CT molecular complexity index is 716. The summed E-state index contributed by atoms with van der Waals surface area (Å²) in [5, 5.41) is 15.1. The molecule has 0 radical (unpaired) electrons. The number of carbonyl (C=O) groups is 3. The fraction of sp³-hybridized carbons (Fsp3) is 0.471. The fourth-order valence-electron chi connectivity index (χ4n) is 3.56. The van der Waals surface area contributed by atoms with Gasteiger partial charge in [-0.3, -0.25) is 14.5 Å². The van der Waals surface area contributed by atoms with Gasteiger partial charge in [0.2, 0.25) is 0 Å². The number of halogens is 1. The summed E-state index contributed by atoms with van der Waals surface area (Å²) in [4.78, 5) is 37.2. The molecule has 1 aliphatic carbocycles. The molecule has 1 aliphatic heterocycles. The molecule has 1 heterocycles. The number of aliphatic carboxylic acids is 1. The zero-order valence-corrected chi connectivity index (χ0v) is 14.4. The van der Waals surface area contributed by atoms with E-state index in [4.69, 9.17) is 16.7 Å². The van der Waals surface area contributed by atoms with Crippen LogP contribution in [0.3, 0.4) is 0 Å². The second-order valence-corrected chi connectivity index (χ2v) is 6.97. The summed E-state index contributed by atoms with van der Waals surface area (Å²) in [5.41, 5.74) is 0.132. The van der Waals surface area contributed by atoms with Crippen LogP contribution < -0.4 is 15.5 Å². The van der Waals surface area contributed by atoms with Crippen LogP contribution in [-0.4, -0.2) is 41.6 Å². The van der Waals surface area contributed by atoms with Gasteiger partial charge in [-0.15, -0.1) is 0 Å². The van der Waals surface area contributed by atoms with E-state index < -0.39 is 11.5 Å². The number of hydrogen-bond acceptors (Lipinski definition) is 3. The molecule has 0 unspecified atom stereocenters. The van der Waals surface area contributed by atoms with Gasteiger partial charge in [0, 0.05) is 18.7 Å². The maximum Gasteiger partial charge on any atom is 0.322 e. The topological polar surface area (TPSA) is 98.7 Å². The summed E-state index contributed by atoms with van der Waals surface area (Å²) >= 11 is 6.18. The number of benzene rings is 1. The molecule has 2 fully saturated rings. The second-order valence-electron chi connectivity index (χ2n) is 6.56. The van der Waals surface area contributed by atoms with E-state index in [0.29, 0.717) is 42.2 Å². The van der Waals surface area contributed by atoms with Crippen LogP contribution in [0.1, 0.15) is 42.5 Å². The molecule has 0 spiro atoms. The summed E-state index contributed by atoms with van der Waals surface area (Å²) in [6.07, 6.45) is 3.01. The maximum atomic E-state index is 12.7. The Labute approximate surface area is 150 Å². The van der Waals surface area contributed by atoms with Gasteiger partial charge in [0.25, 0.3) is 5.91 Å². The van der Waals surface area contributed by atoms with Gasteiger partial charge in [0.15, 0.2) is 0 Å². The highest BCUT2D eigenvalue weighted by molar-refractivity contribution is 6.34. The summed E-state index contributed by atoms with van der Waals surface area (Å²) < 4.78 is 0. The van der Waals surface area contributed by atoms with Gasteiger partial charge in [0.05, 0.1) is 22.7 Å². The summed E-state index contributed by atoms with van der Waals surface area (Å²) in [7, 11) is 0. The van der Waals surface area contributed by atoms with Crippen molar-refractivity contribution >= 4 is 35.2 Å². The Hall–Kier alpha value is -2.28. The van der Waals surface area contributed by atoms with Gasteiger partial charge >= 0.3 is 12.0 Å². The molecule has 0 aromatic heterocycles. The zero-order chi connectivity index (χ0) is 18.0. The van der Waals surface area contributed by atoms with Crippen LogP contribution in [0, 0.1) is 0 Å². The Kier molecular flexibility index (Phi) is 4.85. The van der Waals surface area contributed by atoms with Crippen molar-refractivity contribution < 1.29 is 19.5 Å². The largest absolute Gasteiger partial charge is 0.481 e. The van der Waals surface area contributed by atoms with Gasteiger partial charge < -0.3 is 15.7 Å². The molecule has 8 heteroatoms. The van der Waals surface area contributed by atoms with Crippen molar-refractivity contribution in [3.05, 3.63) is 28.8 Å². The number of urea groups is 1. The molecule has 2 aliphatic rings. The highest BCUT2D eigenvalue weighted by atomic mass is 35.5.